The van der Waals surface area contributed by atoms with Crippen LogP contribution in [0.2, 0.25) is 5.02 Å². The second kappa shape index (κ2) is 6.94. The number of carbonyl (C=O) groups is 1. The number of nitrogens with two attached hydrogens (primary N) is 1. The summed E-state index contributed by atoms with van der Waals surface area (Å²) in [5.41, 5.74) is 5.28. The van der Waals surface area contributed by atoms with Gasteiger partial charge in [0.25, 0.3) is 5.91 Å². The van der Waals surface area contributed by atoms with Gasteiger partial charge in [-0.05, 0) is 24.6 Å². The molecule has 0 aromatic heterocycles. The maximum absolute atomic E-state index is 13.6. The highest BCUT2D eigenvalue weighted by molar-refractivity contribution is 6.30. The first kappa shape index (κ1) is 15.2. The maximum Gasteiger partial charge on any atom is 0.254 e. The molecule has 1 amide bonds. The fourth-order valence-electron chi connectivity index (χ4n) is 1.53. The lowest BCUT2D eigenvalue weighted by Gasteiger charge is -2.16. The Balaban J connectivity index is 2.77. The van der Waals surface area contributed by atoms with E-state index in [0.29, 0.717) is 6.42 Å². The van der Waals surface area contributed by atoms with E-state index in [0.717, 1.165) is 6.07 Å². The summed E-state index contributed by atoms with van der Waals surface area (Å²) in [7, 11) is 0. The summed E-state index contributed by atoms with van der Waals surface area (Å²) in [5.74, 6) is -1.25. The molecule has 0 saturated carbocycles. The molecule has 1 aromatic carbocycles. The second-order valence-corrected chi connectivity index (χ2v) is 4.43. The minimum absolute atomic E-state index is 0.00345. The molecular weight excluding hydrogens is 273 g/mol. The number of amides is 1. The molecule has 5 nitrogen and oxygen atoms in total. The van der Waals surface area contributed by atoms with Crippen LogP contribution in [0.15, 0.2) is 23.4 Å². The Morgan fingerprint density at radius 2 is 2.32 bits per heavy atom. The maximum atomic E-state index is 13.6. The Kier molecular flexibility index (Phi) is 5.57. The Hall–Kier alpha value is -1.82. The molecule has 1 aromatic rings. The zero-order valence-electron chi connectivity index (χ0n) is 10.4. The fraction of sp³-hybridized carbons (Fsp3) is 0.333. The first-order valence-corrected chi connectivity index (χ1v) is 6.08. The van der Waals surface area contributed by atoms with E-state index in [1.807, 2.05) is 6.92 Å². The third-order valence-electron chi connectivity index (χ3n) is 2.59. The van der Waals surface area contributed by atoms with Crippen molar-refractivity contribution in [3.63, 3.8) is 0 Å². The molecule has 0 spiro atoms. The highest BCUT2D eigenvalue weighted by Gasteiger charge is 2.16. The van der Waals surface area contributed by atoms with Crippen LogP contribution in [0.25, 0.3) is 0 Å². The van der Waals surface area contributed by atoms with Gasteiger partial charge in [0.15, 0.2) is 0 Å². The zero-order valence-corrected chi connectivity index (χ0v) is 11.1. The smallest absolute Gasteiger partial charge is 0.254 e. The first-order chi connectivity index (χ1) is 8.97. The Morgan fingerprint density at radius 3 is 2.84 bits per heavy atom. The zero-order chi connectivity index (χ0) is 14.4. The van der Waals surface area contributed by atoms with Crippen molar-refractivity contribution < 1.29 is 14.4 Å². The molecule has 19 heavy (non-hydrogen) atoms. The first-order valence-electron chi connectivity index (χ1n) is 5.70. The van der Waals surface area contributed by atoms with E-state index in [4.69, 9.17) is 22.5 Å². The summed E-state index contributed by atoms with van der Waals surface area (Å²) in [6.07, 6.45) is 0.755. The lowest BCUT2D eigenvalue weighted by Crippen LogP contribution is -2.37. The van der Waals surface area contributed by atoms with Crippen molar-refractivity contribution in [2.24, 2.45) is 10.9 Å². The van der Waals surface area contributed by atoms with E-state index >= 15 is 0 Å². The number of nitrogens with zero attached hydrogens (tertiary/aromatic N) is 1. The molecule has 0 aliphatic heterocycles. The Labute approximate surface area is 115 Å². The molecule has 104 valence electrons. The number of hydrogen-bond donors (Lipinski definition) is 3. The molecule has 0 radical (unpaired) electrons. The van der Waals surface area contributed by atoms with Crippen LogP contribution in [0.5, 0.6) is 0 Å². The van der Waals surface area contributed by atoms with Crippen LogP contribution in [0.4, 0.5) is 4.39 Å². The number of hydrogen-bond acceptors (Lipinski definition) is 3. The predicted molar refractivity (Wildman–Crippen MR) is 71.0 cm³/mol. The van der Waals surface area contributed by atoms with Gasteiger partial charge in [0.2, 0.25) is 0 Å². The minimum atomic E-state index is -0.691. The molecule has 0 fully saturated rings. The average molecular weight is 288 g/mol. The predicted octanol–water partition coefficient (Wildman–Crippen LogP) is 2.12. The summed E-state index contributed by atoms with van der Waals surface area (Å²) in [4.78, 5) is 11.9. The monoisotopic (exact) mass is 287 g/mol. The van der Waals surface area contributed by atoms with Crippen LogP contribution >= 0.6 is 11.6 Å². The topological polar surface area (TPSA) is 87.7 Å². The number of oxime groups is 1. The lowest BCUT2D eigenvalue weighted by atomic mass is 10.1. The summed E-state index contributed by atoms with van der Waals surface area (Å²) in [6.45, 7) is 1.83. The van der Waals surface area contributed by atoms with Crippen LogP contribution < -0.4 is 11.1 Å². The van der Waals surface area contributed by atoms with Crippen LogP contribution in [-0.2, 0) is 0 Å². The van der Waals surface area contributed by atoms with E-state index in [1.165, 1.54) is 12.1 Å². The fourth-order valence-corrected chi connectivity index (χ4v) is 1.69. The molecule has 0 saturated heterocycles. The van der Waals surface area contributed by atoms with Gasteiger partial charge in [-0.1, -0.05) is 23.7 Å². The van der Waals surface area contributed by atoms with Crippen molar-refractivity contribution in [3.8, 4) is 0 Å². The van der Waals surface area contributed by atoms with Crippen LogP contribution in [0.1, 0.15) is 30.1 Å². The van der Waals surface area contributed by atoms with Gasteiger partial charge in [-0.25, -0.2) is 4.39 Å². The molecule has 0 bridgehead atoms. The van der Waals surface area contributed by atoms with Crippen molar-refractivity contribution in [1.29, 1.82) is 0 Å². The number of nitrogens with one attached hydrogen (secondary N) is 1. The van der Waals surface area contributed by atoms with Crippen LogP contribution in [0.3, 0.4) is 0 Å². The third kappa shape index (κ3) is 4.40. The number of rotatable bonds is 5. The molecule has 0 aliphatic carbocycles. The van der Waals surface area contributed by atoms with Crippen molar-refractivity contribution in [2.75, 3.05) is 0 Å². The van der Waals surface area contributed by atoms with Crippen LogP contribution in [-0.4, -0.2) is 23.0 Å². The van der Waals surface area contributed by atoms with Crippen LogP contribution in [0, 0.1) is 5.82 Å². The van der Waals surface area contributed by atoms with Gasteiger partial charge in [0, 0.05) is 17.5 Å². The number of carbonyl (C=O) groups excluding carboxylic acids is 1. The Bertz CT molecular complexity index is 494. The highest BCUT2D eigenvalue weighted by atomic mass is 35.5. The normalized spacial score (nSPS) is 13.1. The standard InChI is InChI=1S/C12H15ClFN3O2/c1-2-8(6-11(15)17-19)16-12(18)9-4-3-7(13)5-10(9)14/h3-5,8,19H,2,6H2,1H3,(H2,15,17)(H,16,18). The van der Waals surface area contributed by atoms with Gasteiger partial charge in [-0.3, -0.25) is 4.79 Å². The van der Waals surface area contributed by atoms with E-state index in [1.54, 1.807) is 0 Å². The lowest BCUT2D eigenvalue weighted by molar-refractivity contribution is 0.0933. The number of benzene rings is 1. The molecule has 7 heteroatoms. The molecule has 4 N–H and O–H groups in total. The molecule has 1 rings (SSSR count). The van der Waals surface area contributed by atoms with Crippen molar-refractivity contribution in [1.82, 2.24) is 5.32 Å². The van der Waals surface area contributed by atoms with Crippen molar-refractivity contribution >= 4 is 23.3 Å². The summed E-state index contributed by atoms with van der Waals surface area (Å²) in [6, 6.07) is 3.48. The second-order valence-electron chi connectivity index (χ2n) is 4.00. The average Bonchev–Trinajstić information content (AvgIpc) is 2.37. The van der Waals surface area contributed by atoms with Gasteiger partial charge >= 0.3 is 0 Å². The minimum Gasteiger partial charge on any atom is -0.409 e. The van der Waals surface area contributed by atoms with Gasteiger partial charge in [-0.15, -0.1) is 0 Å². The van der Waals surface area contributed by atoms with E-state index in [2.05, 4.69) is 10.5 Å². The molecule has 1 unspecified atom stereocenters. The van der Waals surface area contributed by atoms with Crippen molar-refractivity contribution in [3.05, 3.63) is 34.6 Å². The highest BCUT2D eigenvalue weighted by Crippen LogP contribution is 2.15. The quantitative estimate of drug-likeness (QED) is 0.335. The summed E-state index contributed by atoms with van der Waals surface area (Å²) in [5, 5.41) is 14.2. The largest absolute Gasteiger partial charge is 0.409 e. The van der Waals surface area contributed by atoms with E-state index < -0.39 is 11.7 Å². The van der Waals surface area contributed by atoms with Gasteiger partial charge in [0.05, 0.1) is 5.56 Å². The summed E-state index contributed by atoms with van der Waals surface area (Å²) < 4.78 is 13.6. The molecule has 1 atom stereocenters. The third-order valence-corrected chi connectivity index (χ3v) is 2.82. The van der Waals surface area contributed by atoms with Gasteiger partial charge in [-0.2, -0.15) is 0 Å². The molecule has 0 aliphatic rings. The Morgan fingerprint density at radius 1 is 1.63 bits per heavy atom. The van der Waals surface area contributed by atoms with Crippen molar-refractivity contribution in [2.45, 2.75) is 25.8 Å². The number of halogens is 2. The van der Waals surface area contributed by atoms with Gasteiger partial charge < -0.3 is 16.3 Å². The molecular formula is C12H15ClFN3O2. The number of amidine groups is 1. The van der Waals surface area contributed by atoms with E-state index in [9.17, 15) is 9.18 Å². The molecule has 0 heterocycles. The SMILES string of the molecule is CCC(CC(N)=NO)NC(=O)c1ccc(Cl)cc1F. The van der Waals surface area contributed by atoms with E-state index in [-0.39, 0.29) is 28.9 Å². The van der Waals surface area contributed by atoms with Gasteiger partial charge in [0.1, 0.15) is 11.7 Å². The summed E-state index contributed by atoms with van der Waals surface area (Å²) >= 11 is 5.61.